The van der Waals surface area contributed by atoms with Crippen LogP contribution in [-0.2, 0) is 19.4 Å². The van der Waals surface area contributed by atoms with Crippen molar-refractivity contribution in [1.29, 1.82) is 0 Å². The third-order valence-electron chi connectivity index (χ3n) is 12.9. The van der Waals surface area contributed by atoms with E-state index >= 15 is 0 Å². The second-order valence-corrected chi connectivity index (χ2v) is 18.5. The number of aromatic nitrogens is 2. The van der Waals surface area contributed by atoms with Crippen molar-refractivity contribution in [2.75, 3.05) is 37.8 Å². The Labute approximate surface area is 404 Å². The average Bonchev–Trinajstić information content (AvgIpc) is 4.00. The van der Waals surface area contributed by atoms with Crippen molar-refractivity contribution in [3.05, 3.63) is 217 Å². The molecule has 2 unspecified atom stereocenters. The second kappa shape index (κ2) is 19.0. The molecule has 1 fully saturated rings. The van der Waals surface area contributed by atoms with Crippen LogP contribution in [0.25, 0.3) is 55.0 Å². The molecule has 0 spiro atoms. The maximum atomic E-state index is 9.99. The van der Waals surface area contributed by atoms with Crippen LogP contribution in [0.4, 0.5) is 11.4 Å². The van der Waals surface area contributed by atoms with Crippen LogP contribution < -0.4 is 9.62 Å². The molecule has 2 aromatic heterocycles. The van der Waals surface area contributed by atoms with E-state index in [9.17, 15) is 10.2 Å². The number of nitrogens with zero attached hydrogens (tertiary/aromatic N) is 6. The average molecular weight is 1060 g/mol. The van der Waals surface area contributed by atoms with E-state index in [2.05, 4.69) is 222 Å². The molecule has 11 rings (SSSR count). The Kier molecular flexibility index (Phi) is 12.6. The Morgan fingerprint density at radius 1 is 0.448 bits per heavy atom. The molecule has 0 aliphatic carbocycles. The number of aliphatic hydroxyl groups is 2. The molecule has 2 N–H and O–H groups in total. The van der Waals surface area contributed by atoms with E-state index < -0.39 is 12.2 Å². The van der Waals surface area contributed by atoms with Crippen molar-refractivity contribution >= 4 is 72.9 Å². The minimum atomic E-state index is -0.633. The summed E-state index contributed by atoms with van der Waals surface area (Å²) in [6, 6.07) is 72.8. The minimum Gasteiger partial charge on any atom is -0.388 e. The Hall–Kier alpha value is -6.51. The Morgan fingerprint density at radius 3 is 1.21 bits per heavy atom. The van der Waals surface area contributed by atoms with Gasteiger partial charge in [-0.25, -0.2) is 0 Å². The first-order valence-corrected chi connectivity index (χ1v) is 23.8. The summed E-state index contributed by atoms with van der Waals surface area (Å²) in [4.78, 5) is 9.50. The van der Waals surface area contributed by atoms with Gasteiger partial charge in [0.15, 0.2) is 0 Å². The molecule has 8 nitrogen and oxygen atoms in total. The second-order valence-electron chi connectivity index (χ2n) is 17.5. The molecule has 1 saturated heterocycles. The van der Waals surface area contributed by atoms with Gasteiger partial charge in [-0.3, -0.25) is 0 Å². The van der Waals surface area contributed by atoms with Gasteiger partial charge in [0.2, 0.25) is 0 Å². The monoisotopic (exact) mass is 1060 g/mol. The van der Waals surface area contributed by atoms with Crippen LogP contribution in [0.15, 0.2) is 200 Å². The topological polar surface area (TPSA) is 63.3 Å². The van der Waals surface area contributed by atoms with Gasteiger partial charge < -0.3 is 10.2 Å². The predicted octanol–water partition coefficient (Wildman–Crippen LogP) is 10.7. The van der Waals surface area contributed by atoms with Crippen LogP contribution >= 0.6 is 0 Å². The minimum absolute atomic E-state index is 0.0462. The molecule has 0 saturated carbocycles. The number of fused-ring (bicyclic) bond motifs is 6. The van der Waals surface area contributed by atoms with Crippen LogP contribution in [0, 0.1) is 6.07 Å². The first-order chi connectivity index (χ1) is 32.7. The third-order valence-corrected chi connectivity index (χ3v) is 14.0. The molecule has 1 aliphatic heterocycles. The number of aliphatic hydroxyl groups excluding tert-OH is 2. The molecular formula is C56H51B2N6O2Pt-. The van der Waals surface area contributed by atoms with E-state index in [-0.39, 0.29) is 13.7 Å². The summed E-state index contributed by atoms with van der Waals surface area (Å²) in [6.07, 6.45) is -0.952. The molecule has 10 aromatic rings. The molecule has 3 heterocycles. The number of para-hydroxylation sites is 4. The smallest absolute Gasteiger partial charge is 0.0818 e. The fraction of sp³-hybridized carbons (Fsp3) is 0.125. The quantitative estimate of drug-likeness (QED) is 0.105. The number of hydrogen-bond acceptors (Lipinski definition) is 6. The summed E-state index contributed by atoms with van der Waals surface area (Å²) in [5.41, 5.74) is 10.9. The SMILES string of the molecule is CN(C)B1B(N(C)C)N(c2ccc(-n3c4ccccc4c4ccccc43)cc2)[C](=[Pt])N1c1[c-]cc(-n2c3ccccc3c3ccccc32)cc1.OC(CC(O)c1ccccc1)c1ccccc1. The van der Waals surface area contributed by atoms with Gasteiger partial charge in [-0.1, -0.05) is 60.7 Å². The van der Waals surface area contributed by atoms with Crippen molar-refractivity contribution in [3.8, 4) is 11.4 Å². The molecule has 0 radical (unpaired) electrons. The van der Waals surface area contributed by atoms with Gasteiger partial charge in [0, 0.05) is 6.42 Å². The van der Waals surface area contributed by atoms with Crippen molar-refractivity contribution in [2.45, 2.75) is 18.6 Å². The van der Waals surface area contributed by atoms with Crippen LogP contribution in [-0.4, -0.2) is 75.1 Å². The normalized spacial score (nSPS) is 14.0. The number of anilines is 2. The van der Waals surface area contributed by atoms with E-state index in [0.29, 0.717) is 6.42 Å². The van der Waals surface area contributed by atoms with Gasteiger partial charge in [0.25, 0.3) is 0 Å². The standard InChI is InChI=1S/C41H35B2N6.C15H16O2.Pt/c1-44(2)42-43(45(3)4)47(31-23-27-33(28-24-31)49-40-19-11-7-15-36(40)37-16-8-12-20-41(37)49)29-46(42)30-21-25-32(26-22-30)48-38-17-9-5-13-34(38)35-14-6-10-18-39(35)48;16-14(12-7-3-1-4-8-12)11-15(17)13-9-5-2-6-10-13;/h5-23,25-28H,1-4H3;1-10,14-17H,11H2;/q-1;;. The summed E-state index contributed by atoms with van der Waals surface area (Å²) < 4.78 is 5.85. The molecule has 2 atom stereocenters. The zero-order valence-corrected chi connectivity index (χ0v) is 40.2. The fourth-order valence-electron chi connectivity index (χ4n) is 9.76. The van der Waals surface area contributed by atoms with Crippen LogP contribution in [0.2, 0.25) is 0 Å². The zero-order valence-electron chi connectivity index (χ0n) is 38.0. The molecule has 0 amide bonds. The Balaban J connectivity index is 0.000000261. The molecule has 334 valence electrons. The molecular weight excluding hydrogens is 1010 g/mol. The van der Waals surface area contributed by atoms with Gasteiger partial charge in [-0.2, -0.15) is 0 Å². The van der Waals surface area contributed by atoms with Crippen molar-refractivity contribution < 1.29 is 29.6 Å². The number of rotatable bonds is 10. The Morgan fingerprint density at radius 2 is 0.806 bits per heavy atom. The van der Waals surface area contributed by atoms with Gasteiger partial charge in [0.05, 0.1) is 12.2 Å². The van der Waals surface area contributed by atoms with E-state index in [0.717, 1.165) is 38.0 Å². The predicted molar refractivity (Wildman–Crippen MR) is 277 cm³/mol. The van der Waals surface area contributed by atoms with Crippen LogP contribution in [0.5, 0.6) is 0 Å². The first-order valence-electron chi connectivity index (χ1n) is 22.6. The van der Waals surface area contributed by atoms with Crippen LogP contribution in [0.1, 0.15) is 29.8 Å². The summed E-state index contributed by atoms with van der Waals surface area (Å²) in [5, 5.41) is 25.0. The van der Waals surface area contributed by atoms with Gasteiger partial charge in [0.1, 0.15) is 0 Å². The zero-order chi connectivity index (χ0) is 46.2. The van der Waals surface area contributed by atoms with E-state index in [1.165, 1.54) is 43.6 Å². The largest absolute Gasteiger partial charge is 0.388 e. The van der Waals surface area contributed by atoms with E-state index in [1.54, 1.807) is 0 Å². The van der Waals surface area contributed by atoms with Gasteiger partial charge >= 0.3 is 306 Å². The third kappa shape index (κ3) is 8.35. The maximum absolute atomic E-state index is 9.99. The van der Waals surface area contributed by atoms with E-state index in [4.69, 9.17) is 0 Å². The fourth-order valence-corrected chi connectivity index (χ4v) is 10.9. The molecule has 1 aliphatic rings. The van der Waals surface area contributed by atoms with Crippen LogP contribution in [0.3, 0.4) is 0 Å². The first kappa shape index (κ1) is 44.3. The molecule has 67 heavy (non-hydrogen) atoms. The molecule has 0 bridgehead atoms. The van der Waals surface area contributed by atoms with Crippen molar-refractivity contribution in [2.24, 2.45) is 0 Å². The van der Waals surface area contributed by atoms with Gasteiger partial charge in [-0.05, 0) is 11.1 Å². The molecule has 11 heteroatoms. The van der Waals surface area contributed by atoms with Crippen molar-refractivity contribution in [1.82, 2.24) is 18.8 Å². The summed E-state index contributed by atoms with van der Waals surface area (Å²) in [5.74, 6) is 0. The number of hydrogen-bond donors (Lipinski definition) is 2. The summed E-state index contributed by atoms with van der Waals surface area (Å²) >= 11 is 2.51. The Bertz CT molecular complexity index is 3000. The summed E-state index contributed by atoms with van der Waals surface area (Å²) in [7, 11) is 8.67. The maximum Gasteiger partial charge on any atom is 0.0818 e. The van der Waals surface area contributed by atoms with Crippen molar-refractivity contribution in [3.63, 3.8) is 0 Å². The molecule has 8 aromatic carbocycles. The summed E-state index contributed by atoms with van der Waals surface area (Å²) in [6.45, 7) is 0.104. The van der Waals surface area contributed by atoms with Gasteiger partial charge in [-0.15, -0.1) is 0 Å². The number of benzene rings is 8. The van der Waals surface area contributed by atoms with E-state index in [1.807, 2.05) is 60.7 Å².